The van der Waals surface area contributed by atoms with Crippen molar-refractivity contribution in [3.8, 4) is 11.1 Å². The number of nitrogens with one attached hydrogen (secondary N) is 1. The predicted octanol–water partition coefficient (Wildman–Crippen LogP) is 6.26. The number of H-pyrrole nitrogens is 1. The molecule has 190 valence electrons. The molecule has 3 aromatic rings. The summed E-state index contributed by atoms with van der Waals surface area (Å²) in [6.45, 7) is 12.6. The first-order chi connectivity index (χ1) is 17.0. The third-order valence-corrected chi connectivity index (χ3v) is 6.07. The van der Waals surface area contributed by atoms with Crippen LogP contribution in [0.5, 0.6) is 0 Å². The van der Waals surface area contributed by atoms with Gasteiger partial charge in [0.15, 0.2) is 5.76 Å². The van der Waals surface area contributed by atoms with E-state index in [1.54, 1.807) is 6.20 Å². The normalized spacial score (nSPS) is 16.5. The molecule has 35 heavy (non-hydrogen) atoms. The first-order valence-corrected chi connectivity index (χ1v) is 13.0. The second-order valence-electron chi connectivity index (χ2n) is 8.60. The highest BCUT2D eigenvalue weighted by Gasteiger charge is 2.36. The first kappa shape index (κ1) is 26.4. The topological polar surface area (TPSA) is 105 Å². The van der Waals surface area contributed by atoms with Crippen LogP contribution in [0.25, 0.3) is 11.1 Å². The Morgan fingerprint density at radius 2 is 1.51 bits per heavy atom. The number of aromatic nitrogens is 3. The van der Waals surface area contributed by atoms with Crippen molar-refractivity contribution in [2.45, 2.75) is 91.9 Å². The Hall–Kier alpha value is -3.16. The number of amides is 1. The zero-order valence-electron chi connectivity index (χ0n) is 21.8. The fourth-order valence-corrected chi connectivity index (χ4v) is 4.17. The number of rotatable bonds is 4. The molecule has 0 unspecified atom stereocenters. The zero-order valence-corrected chi connectivity index (χ0v) is 21.8. The number of aromatic amines is 1. The van der Waals surface area contributed by atoms with Gasteiger partial charge in [-0.25, -0.2) is 0 Å². The molecule has 0 spiro atoms. The van der Waals surface area contributed by atoms with Gasteiger partial charge in [0.05, 0.1) is 16.8 Å². The van der Waals surface area contributed by atoms with Crippen LogP contribution in [0.1, 0.15) is 101 Å². The van der Waals surface area contributed by atoms with Crippen molar-refractivity contribution in [2.75, 3.05) is 11.4 Å². The molecule has 1 N–H and O–H groups in total. The molecule has 0 bridgehead atoms. The van der Waals surface area contributed by atoms with Crippen LogP contribution in [-0.4, -0.2) is 27.7 Å². The third kappa shape index (κ3) is 5.92. The van der Waals surface area contributed by atoms with Crippen LogP contribution in [0.15, 0.2) is 32.2 Å². The summed E-state index contributed by atoms with van der Waals surface area (Å²) in [6.07, 6.45) is 7.85. The highest BCUT2D eigenvalue weighted by Crippen LogP contribution is 2.46. The number of carbonyl (C=O) groups excluding carboxylic acids is 1. The van der Waals surface area contributed by atoms with E-state index < -0.39 is 0 Å². The maximum Gasteiger partial charge on any atom is 0.256 e. The Balaban J connectivity index is 0.000000172. The van der Waals surface area contributed by atoms with Gasteiger partial charge in [-0.3, -0.25) is 9.59 Å². The van der Waals surface area contributed by atoms with Gasteiger partial charge in [-0.05, 0) is 58.1 Å². The standard InChI is InChI=1S/C12H12N2O2.C11H14N2O2.2C2H6/c1-7-10(9-3-2-6-13-12(9)15)11(16-14-7)8-4-5-8;1-7-10(13-6-2-3-9(13)14)11(15-12-7)8-4-5-8;2*1-2/h2-3,6,8H,4-5H2,1H3,(H,13,15);8H,2-6H2,1H3;2*1-2H3. The van der Waals surface area contributed by atoms with Gasteiger partial charge in [0.2, 0.25) is 5.91 Å². The lowest BCUT2D eigenvalue weighted by atomic mass is 10.0. The number of hydrogen-bond donors (Lipinski definition) is 1. The Bertz CT molecular complexity index is 1170. The zero-order chi connectivity index (χ0) is 25.5. The van der Waals surface area contributed by atoms with E-state index >= 15 is 0 Å². The predicted molar refractivity (Wildman–Crippen MR) is 137 cm³/mol. The average molecular weight is 483 g/mol. The minimum atomic E-state index is -0.0873. The third-order valence-electron chi connectivity index (χ3n) is 6.07. The van der Waals surface area contributed by atoms with Gasteiger partial charge in [-0.15, -0.1) is 0 Å². The van der Waals surface area contributed by atoms with Crippen LogP contribution in [0.3, 0.4) is 0 Å². The molecule has 4 heterocycles. The Morgan fingerprint density at radius 3 is 2.09 bits per heavy atom. The van der Waals surface area contributed by atoms with Gasteiger partial charge < -0.3 is 18.9 Å². The molecule has 3 aliphatic rings. The molecular weight excluding hydrogens is 444 g/mol. The van der Waals surface area contributed by atoms with Crippen LogP contribution in [0, 0.1) is 13.8 Å². The van der Waals surface area contributed by atoms with Gasteiger partial charge in [-0.1, -0.05) is 38.0 Å². The SMILES string of the molecule is CC.CC.Cc1noc(C2CC2)c1-c1ccc[nH]c1=O.Cc1noc(C2CC2)c1N1CCCC1=O. The van der Waals surface area contributed by atoms with Crippen molar-refractivity contribution in [1.82, 2.24) is 15.3 Å². The minimum absolute atomic E-state index is 0.0873. The molecule has 0 radical (unpaired) electrons. The number of carbonyl (C=O) groups is 1. The van der Waals surface area contributed by atoms with Crippen molar-refractivity contribution < 1.29 is 13.8 Å². The second-order valence-corrected chi connectivity index (χ2v) is 8.60. The van der Waals surface area contributed by atoms with Crippen LogP contribution in [0.4, 0.5) is 5.69 Å². The molecule has 3 fully saturated rings. The highest BCUT2D eigenvalue weighted by atomic mass is 16.5. The molecule has 1 amide bonds. The molecule has 6 rings (SSSR count). The summed E-state index contributed by atoms with van der Waals surface area (Å²) in [5.74, 6) is 2.98. The molecular formula is C27H38N4O4. The quantitative estimate of drug-likeness (QED) is 0.471. The first-order valence-electron chi connectivity index (χ1n) is 13.0. The molecule has 8 nitrogen and oxygen atoms in total. The summed E-state index contributed by atoms with van der Waals surface area (Å²) in [5, 5.41) is 7.96. The molecule has 2 aliphatic carbocycles. The summed E-state index contributed by atoms with van der Waals surface area (Å²) in [5.41, 5.74) is 4.05. The lowest BCUT2D eigenvalue weighted by Gasteiger charge is -2.15. The maximum absolute atomic E-state index is 11.7. The van der Waals surface area contributed by atoms with Crippen LogP contribution in [0.2, 0.25) is 0 Å². The molecule has 2 saturated carbocycles. The van der Waals surface area contributed by atoms with E-state index in [1.807, 2.05) is 58.6 Å². The summed E-state index contributed by atoms with van der Waals surface area (Å²) in [4.78, 5) is 27.9. The molecule has 1 aliphatic heterocycles. The largest absolute Gasteiger partial charge is 0.360 e. The van der Waals surface area contributed by atoms with Crippen LogP contribution < -0.4 is 10.5 Å². The Kier molecular flexibility index (Phi) is 9.07. The lowest BCUT2D eigenvalue weighted by molar-refractivity contribution is -0.117. The van der Waals surface area contributed by atoms with Gasteiger partial charge in [0.25, 0.3) is 5.56 Å². The Labute approximate surface area is 207 Å². The fourth-order valence-electron chi connectivity index (χ4n) is 4.17. The highest BCUT2D eigenvalue weighted by molar-refractivity contribution is 5.96. The Morgan fingerprint density at radius 1 is 0.914 bits per heavy atom. The van der Waals surface area contributed by atoms with Gasteiger partial charge >= 0.3 is 0 Å². The van der Waals surface area contributed by atoms with E-state index in [9.17, 15) is 9.59 Å². The number of hydrogen-bond acceptors (Lipinski definition) is 6. The average Bonchev–Trinajstić information content (AvgIpc) is 3.80. The van der Waals surface area contributed by atoms with Crippen LogP contribution >= 0.6 is 0 Å². The van der Waals surface area contributed by atoms with E-state index in [0.717, 1.165) is 60.0 Å². The van der Waals surface area contributed by atoms with E-state index in [2.05, 4.69) is 15.3 Å². The smallest absolute Gasteiger partial charge is 0.256 e. The van der Waals surface area contributed by atoms with Gasteiger partial charge in [0.1, 0.15) is 17.1 Å². The number of pyridine rings is 1. The summed E-state index contributed by atoms with van der Waals surface area (Å²) >= 11 is 0. The molecule has 1 saturated heterocycles. The van der Waals surface area contributed by atoms with Crippen LogP contribution in [-0.2, 0) is 4.79 Å². The summed E-state index contributed by atoms with van der Waals surface area (Å²) in [6, 6.07) is 3.63. The monoisotopic (exact) mass is 482 g/mol. The van der Waals surface area contributed by atoms with Crippen molar-refractivity contribution in [3.05, 3.63) is 51.6 Å². The lowest BCUT2D eigenvalue weighted by Crippen LogP contribution is -2.24. The molecule has 0 atom stereocenters. The summed E-state index contributed by atoms with van der Waals surface area (Å²) < 4.78 is 10.7. The maximum atomic E-state index is 11.7. The number of anilines is 1. The van der Waals surface area contributed by atoms with Crippen molar-refractivity contribution in [1.29, 1.82) is 0 Å². The van der Waals surface area contributed by atoms with Gasteiger partial charge in [0, 0.05) is 31.0 Å². The molecule has 0 aromatic carbocycles. The summed E-state index contributed by atoms with van der Waals surface area (Å²) in [7, 11) is 0. The van der Waals surface area contributed by atoms with E-state index in [4.69, 9.17) is 9.05 Å². The minimum Gasteiger partial charge on any atom is -0.360 e. The molecule has 8 heteroatoms. The van der Waals surface area contributed by atoms with E-state index in [1.165, 1.54) is 12.8 Å². The van der Waals surface area contributed by atoms with Gasteiger partial charge in [-0.2, -0.15) is 0 Å². The molecule has 3 aromatic heterocycles. The fraction of sp³-hybridized carbons (Fsp3) is 0.556. The van der Waals surface area contributed by atoms with E-state index in [0.29, 0.717) is 23.8 Å². The van der Waals surface area contributed by atoms with Crippen molar-refractivity contribution >= 4 is 11.6 Å². The van der Waals surface area contributed by atoms with E-state index in [-0.39, 0.29) is 11.5 Å². The number of aryl methyl sites for hydroxylation is 2. The number of nitrogens with zero attached hydrogens (tertiary/aromatic N) is 3. The second kappa shape index (κ2) is 12.0. The van der Waals surface area contributed by atoms with Crippen molar-refractivity contribution in [3.63, 3.8) is 0 Å². The van der Waals surface area contributed by atoms with Crippen molar-refractivity contribution in [2.24, 2.45) is 0 Å².